The number of anilines is 1. The predicted octanol–water partition coefficient (Wildman–Crippen LogP) is 4.06. The van der Waals surface area contributed by atoms with E-state index in [1.165, 1.54) is 16.0 Å². The van der Waals surface area contributed by atoms with Crippen LogP contribution in [0, 0.1) is 13.8 Å². The summed E-state index contributed by atoms with van der Waals surface area (Å²) < 4.78 is 5.82. The second-order valence-electron chi connectivity index (χ2n) is 4.53. The normalized spacial score (nSPS) is 10.4. The minimum absolute atomic E-state index is 0.708. The van der Waals surface area contributed by atoms with E-state index in [2.05, 4.69) is 32.0 Å². The van der Waals surface area contributed by atoms with Crippen molar-refractivity contribution in [3.8, 4) is 5.75 Å². The van der Waals surface area contributed by atoms with Crippen LogP contribution in [0.1, 0.15) is 11.1 Å². The van der Waals surface area contributed by atoms with Crippen LogP contribution in [0.15, 0.2) is 47.4 Å². The molecule has 2 rings (SSSR count). The molecule has 0 fully saturated rings. The third-order valence-corrected chi connectivity index (χ3v) is 3.81. The first kappa shape index (κ1) is 13.8. The van der Waals surface area contributed by atoms with E-state index in [1.54, 1.807) is 11.8 Å². The van der Waals surface area contributed by atoms with Crippen molar-refractivity contribution in [2.75, 3.05) is 18.1 Å². The van der Waals surface area contributed by atoms with Gasteiger partial charge in [-0.2, -0.15) is 0 Å². The molecular weight excluding hydrogens is 254 g/mol. The quantitative estimate of drug-likeness (QED) is 0.507. The molecule has 0 spiro atoms. The Morgan fingerprint density at radius 1 is 1.05 bits per heavy atom. The standard InChI is InChI=1S/C16H19NOS/c1-12-3-4-13(2)16(11-12)18-9-10-19-15-7-5-14(17)6-8-15/h3-8,11H,9-10,17H2,1-2H3. The summed E-state index contributed by atoms with van der Waals surface area (Å²) in [7, 11) is 0. The molecule has 0 saturated heterocycles. The molecule has 0 unspecified atom stereocenters. The molecule has 3 heteroatoms. The largest absolute Gasteiger partial charge is 0.492 e. The third-order valence-electron chi connectivity index (χ3n) is 2.83. The summed E-state index contributed by atoms with van der Waals surface area (Å²) in [5, 5.41) is 0. The number of nitrogen functional groups attached to an aromatic ring is 1. The van der Waals surface area contributed by atoms with Crippen molar-refractivity contribution in [2.24, 2.45) is 0 Å². The van der Waals surface area contributed by atoms with E-state index in [-0.39, 0.29) is 0 Å². The Labute approximate surface area is 119 Å². The van der Waals surface area contributed by atoms with E-state index < -0.39 is 0 Å². The molecule has 0 aromatic heterocycles. The fourth-order valence-electron chi connectivity index (χ4n) is 1.74. The van der Waals surface area contributed by atoms with Gasteiger partial charge in [0.1, 0.15) is 5.75 Å². The molecule has 0 saturated carbocycles. The molecule has 2 nitrogen and oxygen atoms in total. The fourth-order valence-corrected chi connectivity index (χ4v) is 2.47. The molecule has 0 heterocycles. The maximum atomic E-state index is 5.82. The topological polar surface area (TPSA) is 35.2 Å². The van der Waals surface area contributed by atoms with Crippen LogP contribution in [0.25, 0.3) is 0 Å². The SMILES string of the molecule is Cc1ccc(C)c(OCCSc2ccc(N)cc2)c1. The highest BCUT2D eigenvalue weighted by Gasteiger charge is 2.00. The zero-order valence-corrected chi connectivity index (χ0v) is 12.2. The second kappa shape index (κ2) is 6.53. The molecule has 0 radical (unpaired) electrons. The highest BCUT2D eigenvalue weighted by molar-refractivity contribution is 7.99. The van der Waals surface area contributed by atoms with Crippen molar-refractivity contribution in [1.82, 2.24) is 0 Å². The first-order valence-corrected chi connectivity index (χ1v) is 7.32. The van der Waals surface area contributed by atoms with Crippen LogP contribution in [0.5, 0.6) is 5.75 Å². The maximum absolute atomic E-state index is 5.82. The highest BCUT2D eigenvalue weighted by Crippen LogP contribution is 2.21. The molecule has 2 aromatic carbocycles. The minimum atomic E-state index is 0.708. The summed E-state index contributed by atoms with van der Waals surface area (Å²) >= 11 is 1.78. The van der Waals surface area contributed by atoms with Gasteiger partial charge in [0.2, 0.25) is 0 Å². The lowest BCUT2D eigenvalue weighted by molar-refractivity contribution is 0.341. The molecule has 2 aromatic rings. The van der Waals surface area contributed by atoms with Gasteiger partial charge in [-0.05, 0) is 55.3 Å². The number of aryl methyl sites for hydroxylation is 2. The van der Waals surface area contributed by atoms with E-state index >= 15 is 0 Å². The van der Waals surface area contributed by atoms with Gasteiger partial charge >= 0.3 is 0 Å². The smallest absolute Gasteiger partial charge is 0.122 e. The first-order chi connectivity index (χ1) is 9.15. The highest BCUT2D eigenvalue weighted by atomic mass is 32.2. The van der Waals surface area contributed by atoms with E-state index in [9.17, 15) is 0 Å². The van der Waals surface area contributed by atoms with Crippen molar-refractivity contribution in [1.29, 1.82) is 0 Å². The summed E-state index contributed by atoms with van der Waals surface area (Å²) in [4.78, 5) is 1.22. The fraction of sp³-hybridized carbons (Fsp3) is 0.250. The Balaban J connectivity index is 1.80. The number of ether oxygens (including phenoxy) is 1. The van der Waals surface area contributed by atoms with Crippen LogP contribution in [0.4, 0.5) is 5.69 Å². The molecule has 0 aliphatic carbocycles. The minimum Gasteiger partial charge on any atom is -0.492 e. The first-order valence-electron chi connectivity index (χ1n) is 6.33. The van der Waals surface area contributed by atoms with Crippen molar-refractivity contribution in [3.05, 3.63) is 53.6 Å². The number of hydrogen-bond donors (Lipinski definition) is 1. The zero-order valence-electron chi connectivity index (χ0n) is 11.3. The molecule has 19 heavy (non-hydrogen) atoms. The lowest BCUT2D eigenvalue weighted by atomic mass is 10.1. The Morgan fingerprint density at radius 2 is 1.79 bits per heavy atom. The van der Waals surface area contributed by atoms with Gasteiger partial charge in [-0.1, -0.05) is 12.1 Å². The van der Waals surface area contributed by atoms with Gasteiger partial charge in [-0.15, -0.1) is 11.8 Å². The van der Waals surface area contributed by atoms with Crippen molar-refractivity contribution in [3.63, 3.8) is 0 Å². The van der Waals surface area contributed by atoms with Crippen molar-refractivity contribution >= 4 is 17.4 Å². The Kier molecular flexibility index (Phi) is 4.74. The number of benzene rings is 2. The molecular formula is C16H19NOS. The molecule has 0 bridgehead atoms. The third kappa shape index (κ3) is 4.21. The lowest BCUT2D eigenvalue weighted by Gasteiger charge is -2.09. The van der Waals surface area contributed by atoms with E-state index in [4.69, 9.17) is 10.5 Å². The number of hydrogen-bond acceptors (Lipinski definition) is 3. The van der Waals surface area contributed by atoms with Crippen LogP contribution >= 0.6 is 11.8 Å². The van der Waals surface area contributed by atoms with Crippen LogP contribution in [-0.4, -0.2) is 12.4 Å². The van der Waals surface area contributed by atoms with E-state index in [1.807, 2.05) is 24.3 Å². The van der Waals surface area contributed by atoms with Crippen LogP contribution < -0.4 is 10.5 Å². The average Bonchev–Trinajstić information content (AvgIpc) is 2.40. The van der Waals surface area contributed by atoms with Gasteiger partial charge < -0.3 is 10.5 Å². The zero-order chi connectivity index (χ0) is 13.7. The number of thioether (sulfide) groups is 1. The molecule has 0 aliphatic heterocycles. The number of rotatable bonds is 5. The van der Waals surface area contributed by atoms with Gasteiger partial charge in [0, 0.05) is 16.3 Å². The summed E-state index contributed by atoms with van der Waals surface area (Å²) in [6, 6.07) is 14.2. The lowest BCUT2D eigenvalue weighted by Crippen LogP contribution is -2.01. The summed E-state index contributed by atoms with van der Waals surface area (Å²) in [6.45, 7) is 4.86. The molecule has 100 valence electrons. The summed E-state index contributed by atoms with van der Waals surface area (Å²) in [5.41, 5.74) is 8.87. The van der Waals surface area contributed by atoms with Crippen LogP contribution in [0.2, 0.25) is 0 Å². The van der Waals surface area contributed by atoms with Gasteiger partial charge in [-0.3, -0.25) is 0 Å². The van der Waals surface area contributed by atoms with Crippen LogP contribution in [0.3, 0.4) is 0 Å². The predicted molar refractivity (Wildman–Crippen MR) is 83.0 cm³/mol. The molecule has 0 aliphatic rings. The maximum Gasteiger partial charge on any atom is 0.122 e. The summed E-state index contributed by atoms with van der Waals surface area (Å²) in [6.07, 6.45) is 0. The van der Waals surface area contributed by atoms with Crippen LogP contribution in [-0.2, 0) is 0 Å². The number of nitrogens with two attached hydrogens (primary N) is 1. The van der Waals surface area contributed by atoms with Crippen molar-refractivity contribution < 1.29 is 4.74 Å². The second-order valence-corrected chi connectivity index (χ2v) is 5.70. The van der Waals surface area contributed by atoms with Gasteiger partial charge in [0.05, 0.1) is 6.61 Å². The molecule has 0 amide bonds. The average molecular weight is 273 g/mol. The molecule has 0 atom stereocenters. The van der Waals surface area contributed by atoms with Gasteiger partial charge in [0.25, 0.3) is 0 Å². The van der Waals surface area contributed by atoms with E-state index in [0.717, 1.165) is 17.2 Å². The Bertz CT molecular complexity index is 537. The molecule has 2 N–H and O–H groups in total. The van der Waals surface area contributed by atoms with Crippen molar-refractivity contribution in [2.45, 2.75) is 18.7 Å². The van der Waals surface area contributed by atoms with E-state index in [0.29, 0.717) is 6.61 Å². The Hall–Kier alpha value is -1.61. The monoisotopic (exact) mass is 273 g/mol. The Morgan fingerprint density at radius 3 is 2.53 bits per heavy atom. The summed E-state index contributed by atoms with van der Waals surface area (Å²) in [5.74, 6) is 1.91. The van der Waals surface area contributed by atoms with Gasteiger partial charge in [0.15, 0.2) is 0 Å². The van der Waals surface area contributed by atoms with Gasteiger partial charge in [-0.25, -0.2) is 0 Å².